The van der Waals surface area contributed by atoms with E-state index in [0.717, 1.165) is 44.1 Å². The van der Waals surface area contributed by atoms with Crippen molar-refractivity contribution in [3.05, 3.63) is 0 Å². The monoisotopic (exact) mass is 293 g/mol. The van der Waals surface area contributed by atoms with Gasteiger partial charge in [0.25, 0.3) is 5.91 Å². The second-order valence-corrected chi connectivity index (χ2v) is 8.18. The summed E-state index contributed by atoms with van der Waals surface area (Å²) in [5, 5.41) is 3.52. The van der Waals surface area contributed by atoms with Gasteiger partial charge in [-0.2, -0.15) is 0 Å². The zero-order valence-electron chi connectivity index (χ0n) is 13.2. The van der Waals surface area contributed by atoms with Crippen LogP contribution in [0.4, 0.5) is 0 Å². The van der Waals surface area contributed by atoms with Gasteiger partial charge in [-0.05, 0) is 63.2 Å². The molecule has 0 aromatic heterocycles. The third-order valence-corrected chi connectivity index (χ3v) is 6.57. The predicted octanol–water partition coefficient (Wildman–Crippen LogP) is 0.375. The van der Waals surface area contributed by atoms with E-state index in [4.69, 9.17) is 4.74 Å². The summed E-state index contributed by atoms with van der Waals surface area (Å²) >= 11 is 0. The maximum atomic E-state index is 12.8. The van der Waals surface area contributed by atoms with Crippen molar-refractivity contribution < 1.29 is 14.4 Å². The van der Waals surface area contributed by atoms with Crippen molar-refractivity contribution in [1.82, 2.24) is 5.32 Å². The van der Waals surface area contributed by atoms with Gasteiger partial charge in [-0.15, -0.1) is 0 Å². The lowest BCUT2D eigenvalue weighted by Crippen LogP contribution is -3.18. The molecule has 2 N–H and O–H groups in total. The topological polar surface area (TPSA) is 42.8 Å². The first-order chi connectivity index (χ1) is 10.1. The fraction of sp³-hybridized carbons (Fsp3) is 0.941. The summed E-state index contributed by atoms with van der Waals surface area (Å²) in [6.07, 6.45) is 8.03. The Labute approximate surface area is 127 Å². The molecule has 118 valence electrons. The number of nitrogens with one attached hydrogen (secondary N) is 2. The van der Waals surface area contributed by atoms with Crippen LogP contribution in [0.1, 0.15) is 45.4 Å². The average molecular weight is 293 g/mol. The lowest BCUT2D eigenvalue weighted by Gasteiger charge is -2.57. The highest BCUT2D eigenvalue weighted by molar-refractivity contribution is 5.80. The van der Waals surface area contributed by atoms with E-state index in [1.165, 1.54) is 43.4 Å². The smallest absolute Gasteiger partial charge is 0.278 e. The quantitative estimate of drug-likeness (QED) is 0.790. The van der Waals surface area contributed by atoms with Gasteiger partial charge >= 0.3 is 0 Å². The minimum absolute atomic E-state index is 0.0712. The summed E-state index contributed by atoms with van der Waals surface area (Å²) in [7, 11) is 0. The number of hydrogen-bond donors (Lipinski definition) is 2. The highest BCUT2D eigenvalue weighted by Crippen LogP contribution is 2.55. The van der Waals surface area contributed by atoms with Crippen LogP contribution in [0.3, 0.4) is 0 Å². The molecule has 0 spiro atoms. The Morgan fingerprint density at radius 2 is 1.62 bits per heavy atom. The molecule has 1 aliphatic heterocycles. The number of quaternary nitrogens is 1. The highest BCUT2D eigenvalue weighted by Gasteiger charge is 2.52. The third kappa shape index (κ3) is 2.61. The van der Waals surface area contributed by atoms with Gasteiger partial charge in [0.15, 0.2) is 6.04 Å². The van der Waals surface area contributed by atoms with Gasteiger partial charge in [0.2, 0.25) is 0 Å². The molecule has 1 heterocycles. The van der Waals surface area contributed by atoms with Gasteiger partial charge in [-0.1, -0.05) is 0 Å². The van der Waals surface area contributed by atoms with E-state index >= 15 is 0 Å². The van der Waals surface area contributed by atoms with Crippen molar-refractivity contribution in [3.63, 3.8) is 0 Å². The Morgan fingerprint density at radius 3 is 2.14 bits per heavy atom. The normalized spacial score (nSPS) is 43.8. The Balaban J connectivity index is 1.42. The Bertz CT molecular complexity index is 382. The van der Waals surface area contributed by atoms with Crippen LogP contribution in [0.25, 0.3) is 0 Å². The van der Waals surface area contributed by atoms with E-state index in [1.54, 1.807) is 0 Å². The average Bonchev–Trinajstić information content (AvgIpc) is 2.45. The van der Waals surface area contributed by atoms with E-state index in [1.807, 2.05) is 0 Å². The third-order valence-electron chi connectivity index (χ3n) is 6.57. The van der Waals surface area contributed by atoms with Gasteiger partial charge in [-0.25, -0.2) is 0 Å². The maximum absolute atomic E-state index is 12.8. The fourth-order valence-electron chi connectivity index (χ4n) is 5.89. The molecule has 4 bridgehead atoms. The second-order valence-electron chi connectivity index (χ2n) is 8.18. The molecular weight excluding hydrogens is 264 g/mol. The van der Waals surface area contributed by atoms with Crippen LogP contribution in [0.2, 0.25) is 0 Å². The van der Waals surface area contributed by atoms with Crippen LogP contribution in [-0.2, 0) is 9.53 Å². The highest BCUT2D eigenvalue weighted by atomic mass is 16.5. The van der Waals surface area contributed by atoms with E-state index < -0.39 is 0 Å². The molecule has 0 unspecified atom stereocenters. The van der Waals surface area contributed by atoms with Gasteiger partial charge in [0, 0.05) is 5.54 Å². The lowest BCUT2D eigenvalue weighted by molar-refractivity contribution is -0.921. The number of morpholine rings is 1. The number of rotatable bonds is 3. The lowest BCUT2D eigenvalue weighted by atomic mass is 9.53. The minimum Gasteiger partial charge on any atom is -0.370 e. The molecular formula is C17H29N2O2+. The Kier molecular flexibility index (Phi) is 3.49. The molecule has 0 aromatic carbocycles. The molecule has 0 aromatic rings. The van der Waals surface area contributed by atoms with E-state index in [-0.39, 0.29) is 17.5 Å². The van der Waals surface area contributed by atoms with Crippen LogP contribution in [-0.4, -0.2) is 43.8 Å². The second kappa shape index (κ2) is 5.24. The molecule has 5 fully saturated rings. The molecule has 5 aliphatic rings. The summed E-state index contributed by atoms with van der Waals surface area (Å²) < 4.78 is 5.41. The molecule has 1 saturated heterocycles. The van der Waals surface area contributed by atoms with Crippen molar-refractivity contribution in [3.8, 4) is 0 Å². The van der Waals surface area contributed by atoms with Crippen molar-refractivity contribution in [2.45, 2.75) is 57.0 Å². The standard InChI is InChI=1S/C17H28N2O2/c1-12(19-2-4-21-5-3-19)16(20)18-17-9-13-6-14(10-17)8-15(7-13)11-17/h12-15H,2-11H2,1H3,(H,18,20)/p+1/t12-,13?,14?,15?,17?/m1/s1. The first kappa shape index (κ1) is 14.0. The molecule has 4 saturated carbocycles. The summed E-state index contributed by atoms with van der Waals surface area (Å²) in [6, 6.07) is 0.0712. The largest absolute Gasteiger partial charge is 0.370 e. The molecule has 0 radical (unpaired) electrons. The summed E-state index contributed by atoms with van der Waals surface area (Å²) in [5.74, 6) is 2.96. The number of carbonyl (C=O) groups excluding carboxylic acids is 1. The fourth-order valence-corrected chi connectivity index (χ4v) is 5.89. The van der Waals surface area contributed by atoms with Crippen molar-refractivity contribution in [1.29, 1.82) is 0 Å². The summed E-state index contributed by atoms with van der Waals surface area (Å²) in [4.78, 5) is 14.1. The van der Waals surface area contributed by atoms with Gasteiger partial charge < -0.3 is 15.0 Å². The minimum atomic E-state index is 0.0712. The number of ether oxygens (including phenoxy) is 1. The molecule has 1 atom stereocenters. The molecule has 5 rings (SSSR count). The van der Waals surface area contributed by atoms with Crippen LogP contribution >= 0.6 is 0 Å². The number of carbonyl (C=O) groups is 1. The van der Waals surface area contributed by atoms with E-state index in [2.05, 4.69) is 12.2 Å². The maximum Gasteiger partial charge on any atom is 0.278 e. The molecule has 1 amide bonds. The van der Waals surface area contributed by atoms with Crippen molar-refractivity contribution in [2.24, 2.45) is 17.8 Å². The zero-order valence-corrected chi connectivity index (χ0v) is 13.2. The Morgan fingerprint density at radius 1 is 1.10 bits per heavy atom. The van der Waals surface area contributed by atoms with Crippen LogP contribution in [0, 0.1) is 17.8 Å². The molecule has 4 aliphatic carbocycles. The van der Waals surface area contributed by atoms with Gasteiger partial charge in [0.05, 0.1) is 13.2 Å². The van der Waals surface area contributed by atoms with Crippen LogP contribution < -0.4 is 10.2 Å². The number of hydrogen-bond acceptors (Lipinski definition) is 2. The Hall–Kier alpha value is -0.610. The molecule has 4 nitrogen and oxygen atoms in total. The van der Waals surface area contributed by atoms with Crippen molar-refractivity contribution in [2.75, 3.05) is 26.3 Å². The predicted molar refractivity (Wildman–Crippen MR) is 80.0 cm³/mol. The van der Waals surface area contributed by atoms with E-state index in [9.17, 15) is 4.79 Å². The summed E-state index contributed by atoms with van der Waals surface area (Å²) in [6.45, 7) is 5.62. The zero-order chi connectivity index (χ0) is 14.4. The van der Waals surface area contributed by atoms with Crippen LogP contribution in [0.5, 0.6) is 0 Å². The van der Waals surface area contributed by atoms with Gasteiger partial charge in [0.1, 0.15) is 13.1 Å². The number of amides is 1. The first-order valence-electron chi connectivity index (χ1n) is 8.88. The van der Waals surface area contributed by atoms with E-state index in [0.29, 0.717) is 0 Å². The summed E-state index contributed by atoms with van der Waals surface area (Å²) in [5.41, 5.74) is 0.159. The van der Waals surface area contributed by atoms with Crippen molar-refractivity contribution >= 4 is 5.91 Å². The molecule has 4 heteroatoms. The van der Waals surface area contributed by atoms with Gasteiger partial charge in [-0.3, -0.25) is 4.79 Å². The first-order valence-corrected chi connectivity index (χ1v) is 8.88. The SMILES string of the molecule is C[C@H](C(=O)NC12CC3CC(CC(C3)C1)C2)[NH+]1CCOCC1. The van der Waals surface area contributed by atoms with Crippen LogP contribution in [0.15, 0.2) is 0 Å². The molecule has 21 heavy (non-hydrogen) atoms.